The van der Waals surface area contributed by atoms with Crippen molar-refractivity contribution in [2.45, 2.75) is 65.0 Å². The van der Waals surface area contributed by atoms with Crippen LogP contribution < -0.4 is 5.56 Å². The van der Waals surface area contributed by atoms with E-state index >= 15 is 0 Å². The Hall–Kier alpha value is -2.48. The van der Waals surface area contributed by atoms with E-state index in [0.29, 0.717) is 28.2 Å². The molecular weight excluding hydrogens is 436 g/mol. The molecule has 0 spiro atoms. The van der Waals surface area contributed by atoms with Crippen LogP contribution in [0.15, 0.2) is 40.0 Å². The van der Waals surface area contributed by atoms with Gasteiger partial charge in [0.25, 0.3) is 5.56 Å². The van der Waals surface area contributed by atoms with Gasteiger partial charge >= 0.3 is 0 Å². The lowest BCUT2D eigenvalue weighted by Crippen LogP contribution is -2.39. The van der Waals surface area contributed by atoms with E-state index in [0.717, 1.165) is 40.4 Å². The van der Waals surface area contributed by atoms with E-state index in [9.17, 15) is 13.2 Å². The first-order valence-corrected chi connectivity index (χ1v) is 12.8. The second kappa shape index (κ2) is 9.05. The zero-order valence-corrected chi connectivity index (χ0v) is 20.8. The van der Waals surface area contributed by atoms with E-state index < -0.39 is 10.0 Å². The Morgan fingerprint density at radius 3 is 2.30 bits per heavy atom. The molecular formula is C26H32N2O4S. The number of aromatic amines is 1. The number of fused-ring (bicyclic) bond motifs is 1. The minimum atomic E-state index is -3.85. The fourth-order valence-electron chi connectivity index (χ4n) is 4.89. The standard InChI is InChI=1S/C26H32N2O4S/c1-16-11-19(4)25(20(5)12-16)33(30,31)28(15-22-7-6-10-32-22)14-21-13-23-17(2)8-9-18(3)24(23)27-26(21)29/h8-9,11-13,22H,6-7,10,14-15H2,1-5H3,(H,27,29)/t22-/m1/s1. The van der Waals surface area contributed by atoms with Crippen molar-refractivity contribution in [3.8, 4) is 0 Å². The van der Waals surface area contributed by atoms with Crippen LogP contribution in [0.5, 0.6) is 0 Å². The van der Waals surface area contributed by atoms with Gasteiger partial charge in [-0.05, 0) is 75.8 Å². The Morgan fingerprint density at radius 2 is 1.67 bits per heavy atom. The number of H-pyrrole nitrogens is 1. The zero-order valence-electron chi connectivity index (χ0n) is 20.0. The van der Waals surface area contributed by atoms with Gasteiger partial charge in [0.15, 0.2) is 0 Å². The lowest BCUT2D eigenvalue weighted by atomic mass is 10.0. The van der Waals surface area contributed by atoms with Gasteiger partial charge in [0.05, 0.1) is 16.5 Å². The van der Waals surface area contributed by atoms with Gasteiger partial charge in [-0.1, -0.05) is 29.8 Å². The molecule has 2 aromatic carbocycles. The quantitative estimate of drug-likeness (QED) is 0.580. The summed E-state index contributed by atoms with van der Waals surface area (Å²) in [6.07, 6.45) is 1.55. The molecule has 1 atom stereocenters. The van der Waals surface area contributed by atoms with Crippen molar-refractivity contribution in [3.05, 3.63) is 74.1 Å². The first kappa shape index (κ1) is 23.7. The monoisotopic (exact) mass is 468 g/mol. The van der Waals surface area contributed by atoms with Crippen molar-refractivity contribution in [2.24, 2.45) is 0 Å². The van der Waals surface area contributed by atoms with Crippen LogP contribution in [0.3, 0.4) is 0 Å². The summed E-state index contributed by atoms with van der Waals surface area (Å²) >= 11 is 0. The largest absolute Gasteiger partial charge is 0.377 e. The van der Waals surface area contributed by atoms with Crippen LogP contribution in [0.1, 0.15) is 46.2 Å². The predicted octanol–water partition coefficient (Wildman–Crippen LogP) is 4.44. The number of ether oxygens (including phenoxy) is 1. The van der Waals surface area contributed by atoms with Crippen molar-refractivity contribution in [1.82, 2.24) is 9.29 Å². The van der Waals surface area contributed by atoms with Crippen molar-refractivity contribution >= 4 is 20.9 Å². The van der Waals surface area contributed by atoms with E-state index in [1.165, 1.54) is 4.31 Å². The van der Waals surface area contributed by atoms with Gasteiger partial charge in [0.1, 0.15) is 0 Å². The molecule has 0 aliphatic carbocycles. The van der Waals surface area contributed by atoms with Crippen LogP contribution in [0, 0.1) is 34.6 Å². The molecule has 1 saturated heterocycles. The summed E-state index contributed by atoms with van der Waals surface area (Å²) in [7, 11) is -3.85. The molecule has 0 saturated carbocycles. The Kier molecular flexibility index (Phi) is 6.49. The topological polar surface area (TPSA) is 79.5 Å². The van der Waals surface area contributed by atoms with Crippen LogP contribution in [0.2, 0.25) is 0 Å². The number of sulfonamides is 1. The number of aromatic nitrogens is 1. The van der Waals surface area contributed by atoms with Crippen molar-refractivity contribution < 1.29 is 13.2 Å². The molecule has 4 rings (SSSR count). The number of hydrogen-bond donors (Lipinski definition) is 1. The third-order valence-electron chi connectivity index (χ3n) is 6.50. The van der Waals surface area contributed by atoms with Crippen LogP contribution in [-0.4, -0.2) is 37.0 Å². The maximum Gasteiger partial charge on any atom is 0.252 e. The molecule has 0 bridgehead atoms. The minimum Gasteiger partial charge on any atom is -0.377 e. The third kappa shape index (κ3) is 4.63. The van der Waals surface area contributed by atoms with E-state index in [1.807, 2.05) is 65.0 Å². The third-order valence-corrected chi connectivity index (χ3v) is 8.62. The lowest BCUT2D eigenvalue weighted by Gasteiger charge is -2.26. The number of nitrogens with one attached hydrogen (secondary N) is 1. The summed E-state index contributed by atoms with van der Waals surface area (Å²) < 4.78 is 35.1. The van der Waals surface area contributed by atoms with Crippen molar-refractivity contribution in [2.75, 3.05) is 13.2 Å². The molecule has 7 heteroatoms. The summed E-state index contributed by atoms with van der Waals surface area (Å²) in [6.45, 7) is 10.4. The fourth-order valence-corrected chi connectivity index (χ4v) is 6.75. The summed E-state index contributed by atoms with van der Waals surface area (Å²) in [4.78, 5) is 16.3. The molecule has 1 aliphatic rings. The maximum absolute atomic E-state index is 13.9. The first-order chi connectivity index (χ1) is 15.6. The minimum absolute atomic E-state index is 0.00634. The number of aryl methyl sites for hydroxylation is 5. The molecule has 3 aromatic rings. The average Bonchev–Trinajstić information content (AvgIpc) is 3.23. The highest BCUT2D eigenvalue weighted by molar-refractivity contribution is 7.89. The summed E-state index contributed by atoms with van der Waals surface area (Å²) in [5.41, 5.74) is 5.42. The number of rotatable bonds is 6. The molecule has 0 radical (unpaired) electrons. The highest BCUT2D eigenvalue weighted by atomic mass is 32.2. The van der Waals surface area contributed by atoms with Gasteiger partial charge in [0, 0.05) is 30.6 Å². The molecule has 33 heavy (non-hydrogen) atoms. The molecule has 0 amide bonds. The van der Waals surface area contributed by atoms with Gasteiger partial charge in [-0.25, -0.2) is 8.42 Å². The van der Waals surface area contributed by atoms with Crippen molar-refractivity contribution in [1.29, 1.82) is 0 Å². The Morgan fingerprint density at radius 1 is 1.00 bits per heavy atom. The Bertz CT molecular complexity index is 1350. The van der Waals surface area contributed by atoms with Gasteiger partial charge in [-0.3, -0.25) is 4.79 Å². The smallest absolute Gasteiger partial charge is 0.252 e. The fraction of sp³-hybridized carbons (Fsp3) is 0.423. The molecule has 1 aromatic heterocycles. The van der Waals surface area contributed by atoms with E-state index in [2.05, 4.69) is 4.98 Å². The van der Waals surface area contributed by atoms with Gasteiger partial charge in [-0.2, -0.15) is 4.31 Å². The molecule has 1 fully saturated rings. The lowest BCUT2D eigenvalue weighted by molar-refractivity contribution is 0.0925. The van der Waals surface area contributed by atoms with E-state index in [-0.39, 0.29) is 24.8 Å². The Labute approximate surface area is 195 Å². The maximum atomic E-state index is 13.9. The summed E-state index contributed by atoms with van der Waals surface area (Å²) in [5, 5.41) is 0.932. The molecule has 2 heterocycles. The predicted molar refractivity (Wildman–Crippen MR) is 131 cm³/mol. The molecule has 0 unspecified atom stereocenters. The summed E-state index contributed by atoms with van der Waals surface area (Å²) in [6, 6.07) is 9.60. The number of benzene rings is 2. The van der Waals surface area contributed by atoms with Crippen LogP contribution in [-0.2, 0) is 21.3 Å². The van der Waals surface area contributed by atoms with Gasteiger partial charge in [-0.15, -0.1) is 0 Å². The van der Waals surface area contributed by atoms with Gasteiger partial charge < -0.3 is 9.72 Å². The number of hydrogen-bond acceptors (Lipinski definition) is 4. The second-order valence-electron chi connectivity index (χ2n) is 9.27. The second-order valence-corrected chi connectivity index (χ2v) is 11.1. The van der Waals surface area contributed by atoms with Crippen molar-refractivity contribution in [3.63, 3.8) is 0 Å². The highest BCUT2D eigenvalue weighted by Gasteiger charge is 2.32. The van der Waals surface area contributed by atoms with Crippen LogP contribution in [0.25, 0.3) is 10.9 Å². The highest BCUT2D eigenvalue weighted by Crippen LogP contribution is 2.28. The average molecular weight is 469 g/mol. The first-order valence-electron chi connectivity index (χ1n) is 11.4. The SMILES string of the molecule is Cc1cc(C)c(S(=O)(=O)N(Cc2cc3c(C)ccc(C)c3[nH]c2=O)C[C@H]2CCCO2)c(C)c1. The van der Waals surface area contributed by atoms with E-state index in [4.69, 9.17) is 4.74 Å². The number of nitrogens with zero attached hydrogens (tertiary/aromatic N) is 1. The molecule has 6 nitrogen and oxygen atoms in total. The molecule has 176 valence electrons. The van der Waals surface area contributed by atoms with Gasteiger partial charge in [0.2, 0.25) is 10.0 Å². The Balaban J connectivity index is 1.81. The van der Waals surface area contributed by atoms with E-state index in [1.54, 1.807) is 0 Å². The summed E-state index contributed by atoms with van der Waals surface area (Å²) in [5.74, 6) is 0. The molecule has 1 N–H and O–H groups in total. The zero-order chi connectivity index (χ0) is 23.9. The van der Waals surface area contributed by atoms with Crippen LogP contribution >= 0.6 is 0 Å². The number of pyridine rings is 1. The van der Waals surface area contributed by atoms with Crippen LogP contribution in [0.4, 0.5) is 0 Å². The normalized spacial score (nSPS) is 16.7. The molecule has 1 aliphatic heterocycles.